The number of anilines is 2. The second-order valence-electron chi connectivity index (χ2n) is 7.08. The first kappa shape index (κ1) is 21.6. The van der Waals surface area contributed by atoms with Crippen molar-refractivity contribution in [2.24, 2.45) is 0 Å². The quantitative estimate of drug-likeness (QED) is 0.556. The van der Waals surface area contributed by atoms with Crippen LogP contribution in [-0.4, -0.2) is 43.0 Å². The predicted octanol–water partition coefficient (Wildman–Crippen LogP) is 3.45. The minimum atomic E-state index is -1.19. The van der Waals surface area contributed by atoms with Crippen molar-refractivity contribution in [1.29, 1.82) is 0 Å². The van der Waals surface area contributed by atoms with E-state index in [0.717, 1.165) is 4.90 Å². The fourth-order valence-electron chi connectivity index (χ4n) is 3.47. The Morgan fingerprint density at radius 1 is 0.818 bits per heavy atom. The molecule has 9 nitrogen and oxygen atoms in total. The van der Waals surface area contributed by atoms with E-state index in [1.165, 1.54) is 56.7 Å². The van der Waals surface area contributed by atoms with Crippen LogP contribution in [0.15, 0.2) is 60.7 Å². The van der Waals surface area contributed by atoms with Crippen LogP contribution in [-0.2, 0) is 0 Å². The Kier molecular flexibility index (Phi) is 5.53. The number of ether oxygens (including phenoxy) is 2. The lowest BCUT2D eigenvalue weighted by Crippen LogP contribution is -2.29. The van der Waals surface area contributed by atoms with E-state index in [0.29, 0.717) is 22.7 Å². The van der Waals surface area contributed by atoms with Gasteiger partial charge in [-0.2, -0.15) is 0 Å². The standard InChI is InChI=1S/C24H18N2O7/c1-32-16-8-10-19(20(12-16)33-2)25-21(27)13-3-6-15(7-4-13)26-22(28)17-9-5-14(24(30)31)11-18(17)23(26)29/h3-12H,1-2H3,(H,25,27)(H,30,31). The van der Waals surface area contributed by atoms with Gasteiger partial charge in [0, 0.05) is 11.6 Å². The number of nitrogens with zero attached hydrogens (tertiary/aromatic N) is 1. The fourth-order valence-corrected chi connectivity index (χ4v) is 3.47. The Hall–Kier alpha value is -4.66. The molecule has 0 aromatic heterocycles. The lowest BCUT2D eigenvalue weighted by molar-refractivity contribution is 0.0696. The number of carboxylic acid groups (broad SMARTS) is 1. The van der Waals surface area contributed by atoms with Crippen LogP contribution in [0.1, 0.15) is 41.4 Å². The van der Waals surface area contributed by atoms with Crippen LogP contribution in [0, 0.1) is 0 Å². The highest BCUT2D eigenvalue weighted by atomic mass is 16.5. The molecular formula is C24H18N2O7. The molecule has 0 radical (unpaired) electrons. The number of benzene rings is 3. The summed E-state index contributed by atoms with van der Waals surface area (Å²) >= 11 is 0. The summed E-state index contributed by atoms with van der Waals surface area (Å²) in [6, 6.07) is 14.6. The van der Waals surface area contributed by atoms with Gasteiger partial charge in [-0.3, -0.25) is 14.4 Å². The van der Waals surface area contributed by atoms with E-state index < -0.39 is 23.7 Å². The molecule has 0 unspecified atom stereocenters. The zero-order valence-corrected chi connectivity index (χ0v) is 17.6. The minimum absolute atomic E-state index is 0.0216. The topological polar surface area (TPSA) is 122 Å². The maximum Gasteiger partial charge on any atom is 0.335 e. The molecule has 3 amide bonds. The monoisotopic (exact) mass is 446 g/mol. The average Bonchev–Trinajstić information content (AvgIpc) is 3.08. The Balaban J connectivity index is 1.55. The van der Waals surface area contributed by atoms with Gasteiger partial charge in [0.1, 0.15) is 11.5 Å². The molecule has 3 aromatic carbocycles. The molecule has 0 spiro atoms. The van der Waals surface area contributed by atoms with Gasteiger partial charge in [0.05, 0.1) is 42.3 Å². The van der Waals surface area contributed by atoms with E-state index in [-0.39, 0.29) is 22.4 Å². The van der Waals surface area contributed by atoms with Crippen LogP contribution in [0.4, 0.5) is 11.4 Å². The molecule has 0 saturated carbocycles. The lowest BCUT2D eigenvalue weighted by Gasteiger charge is -2.15. The normalized spacial score (nSPS) is 12.4. The van der Waals surface area contributed by atoms with E-state index in [9.17, 15) is 19.2 Å². The summed E-state index contributed by atoms with van der Waals surface area (Å²) in [5.41, 5.74) is 1.06. The van der Waals surface area contributed by atoms with Crippen molar-refractivity contribution in [3.05, 3.63) is 82.9 Å². The molecule has 9 heteroatoms. The molecule has 2 N–H and O–H groups in total. The Bertz CT molecular complexity index is 1300. The maximum absolute atomic E-state index is 12.8. The Labute approximate surface area is 188 Å². The zero-order chi connectivity index (χ0) is 23.7. The predicted molar refractivity (Wildman–Crippen MR) is 118 cm³/mol. The van der Waals surface area contributed by atoms with Crippen LogP contribution < -0.4 is 19.7 Å². The number of aromatic carboxylic acids is 1. The number of fused-ring (bicyclic) bond motifs is 1. The lowest BCUT2D eigenvalue weighted by atomic mass is 10.1. The molecule has 0 aliphatic carbocycles. The van der Waals surface area contributed by atoms with E-state index in [4.69, 9.17) is 14.6 Å². The van der Waals surface area contributed by atoms with Crippen molar-refractivity contribution in [3.63, 3.8) is 0 Å². The second kappa shape index (κ2) is 8.46. The van der Waals surface area contributed by atoms with Crippen molar-refractivity contribution in [2.75, 3.05) is 24.4 Å². The first-order valence-corrected chi connectivity index (χ1v) is 9.73. The van der Waals surface area contributed by atoms with Crippen molar-refractivity contribution >= 4 is 35.1 Å². The number of carbonyl (C=O) groups excluding carboxylic acids is 3. The molecule has 0 fully saturated rings. The smallest absolute Gasteiger partial charge is 0.335 e. The summed E-state index contributed by atoms with van der Waals surface area (Å²) in [4.78, 5) is 50.3. The summed E-state index contributed by atoms with van der Waals surface area (Å²) in [6.45, 7) is 0. The molecule has 0 bridgehead atoms. The molecule has 4 rings (SSSR count). The molecule has 166 valence electrons. The number of carbonyl (C=O) groups is 4. The number of rotatable bonds is 6. The molecule has 0 atom stereocenters. The minimum Gasteiger partial charge on any atom is -0.497 e. The van der Waals surface area contributed by atoms with Gasteiger partial charge in [-0.05, 0) is 54.6 Å². The van der Waals surface area contributed by atoms with Crippen molar-refractivity contribution < 1.29 is 33.8 Å². The van der Waals surface area contributed by atoms with Crippen molar-refractivity contribution in [3.8, 4) is 11.5 Å². The third-order valence-corrected chi connectivity index (χ3v) is 5.18. The first-order valence-electron chi connectivity index (χ1n) is 9.73. The number of hydrogen-bond donors (Lipinski definition) is 2. The number of methoxy groups -OCH3 is 2. The van der Waals surface area contributed by atoms with E-state index >= 15 is 0 Å². The number of hydrogen-bond acceptors (Lipinski definition) is 6. The largest absolute Gasteiger partial charge is 0.497 e. The Morgan fingerprint density at radius 2 is 1.48 bits per heavy atom. The van der Waals surface area contributed by atoms with Gasteiger partial charge in [0.25, 0.3) is 17.7 Å². The van der Waals surface area contributed by atoms with Gasteiger partial charge in [-0.15, -0.1) is 0 Å². The van der Waals surface area contributed by atoms with Crippen LogP contribution in [0.25, 0.3) is 0 Å². The van der Waals surface area contributed by atoms with E-state index in [1.807, 2.05) is 0 Å². The SMILES string of the molecule is COc1ccc(NC(=O)c2ccc(N3C(=O)c4ccc(C(=O)O)cc4C3=O)cc2)c(OC)c1. The number of nitrogens with one attached hydrogen (secondary N) is 1. The first-order chi connectivity index (χ1) is 15.8. The van der Waals surface area contributed by atoms with Crippen LogP contribution in [0.2, 0.25) is 0 Å². The maximum atomic E-state index is 12.8. The fraction of sp³-hybridized carbons (Fsp3) is 0.0833. The summed E-state index contributed by atoms with van der Waals surface area (Å²) in [6.07, 6.45) is 0. The molecule has 0 saturated heterocycles. The van der Waals surface area contributed by atoms with Crippen molar-refractivity contribution in [1.82, 2.24) is 0 Å². The second-order valence-corrected chi connectivity index (χ2v) is 7.08. The molecule has 33 heavy (non-hydrogen) atoms. The number of amides is 3. The number of imide groups is 1. The third-order valence-electron chi connectivity index (χ3n) is 5.18. The van der Waals surface area contributed by atoms with Crippen LogP contribution in [0.3, 0.4) is 0 Å². The summed E-state index contributed by atoms with van der Waals surface area (Å²) in [5.74, 6) is -1.80. The summed E-state index contributed by atoms with van der Waals surface area (Å²) in [7, 11) is 2.99. The summed E-state index contributed by atoms with van der Waals surface area (Å²) < 4.78 is 10.4. The van der Waals surface area contributed by atoms with Crippen LogP contribution >= 0.6 is 0 Å². The molecule has 1 aliphatic heterocycles. The molecule has 1 aliphatic rings. The number of carboxylic acids is 1. The molecular weight excluding hydrogens is 428 g/mol. The highest BCUT2D eigenvalue weighted by Gasteiger charge is 2.37. The van der Waals surface area contributed by atoms with Gasteiger partial charge in [0.15, 0.2) is 0 Å². The van der Waals surface area contributed by atoms with Gasteiger partial charge < -0.3 is 19.9 Å². The van der Waals surface area contributed by atoms with E-state index in [2.05, 4.69) is 5.32 Å². The van der Waals surface area contributed by atoms with Crippen molar-refractivity contribution in [2.45, 2.75) is 0 Å². The summed E-state index contributed by atoms with van der Waals surface area (Å²) in [5, 5.41) is 11.9. The van der Waals surface area contributed by atoms with Gasteiger partial charge in [-0.1, -0.05) is 0 Å². The highest BCUT2D eigenvalue weighted by Crippen LogP contribution is 2.31. The van der Waals surface area contributed by atoms with E-state index in [1.54, 1.807) is 18.2 Å². The molecule has 1 heterocycles. The molecule has 3 aromatic rings. The Morgan fingerprint density at radius 3 is 2.12 bits per heavy atom. The third kappa shape index (κ3) is 3.87. The van der Waals surface area contributed by atoms with Crippen LogP contribution in [0.5, 0.6) is 11.5 Å². The van der Waals surface area contributed by atoms with Gasteiger partial charge >= 0.3 is 5.97 Å². The van der Waals surface area contributed by atoms with Gasteiger partial charge in [0.2, 0.25) is 0 Å². The average molecular weight is 446 g/mol. The van der Waals surface area contributed by atoms with Gasteiger partial charge in [-0.25, -0.2) is 9.69 Å². The highest BCUT2D eigenvalue weighted by molar-refractivity contribution is 6.34. The zero-order valence-electron chi connectivity index (χ0n) is 17.6.